The van der Waals surface area contributed by atoms with Gasteiger partial charge in [-0.2, -0.15) is 0 Å². The van der Waals surface area contributed by atoms with Gasteiger partial charge in [0.05, 0.1) is 14.2 Å². The van der Waals surface area contributed by atoms with Crippen molar-refractivity contribution >= 4 is 43.1 Å². The highest BCUT2D eigenvalue weighted by Gasteiger charge is 2.19. The van der Waals surface area contributed by atoms with Gasteiger partial charge >= 0.3 is 0 Å². The molecule has 0 spiro atoms. The summed E-state index contributed by atoms with van der Waals surface area (Å²) in [6.45, 7) is 0. The highest BCUT2D eigenvalue weighted by molar-refractivity contribution is 6.22. The van der Waals surface area contributed by atoms with E-state index in [-0.39, 0.29) is 0 Å². The van der Waals surface area contributed by atoms with Crippen LogP contribution in [0.3, 0.4) is 0 Å². The van der Waals surface area contributed by atoms with Crippen LogP contribution in [0.1, 0.15) is 37.7 Å². The molecule has 0 N–H and O–H groups in total. The van der Waals surface area contributed by atoms with Gasteiger partial charge in [-0.3, -0.25) is 0 Å². The van der Waals surface area contributed by atoms with Crippen molar-refractivity contribution in [2.24, 2.45) is 5.92 Å². The molecule has 0 unspecified atom stereocenters. The Morgan fingerprint density at radius 1 is 0.489 bits per heavy atom. The Kier molecular flexibility index (Phi) is 7.14. The highest BCUT2D eigenvalue weighted by atomic mass is 16.5. The zero-order chi connectivity index (χ0) is 30.3. The first-order valence-corrected chi connectivity index (χ1v) is 16.3. The zero-order valence-corrected chi connectivity index (χ0v) is 26.1. The topological polar surface area (TPSA) is 18.5 Å². The molecule has 222 valence electrons. The third kappa shape index (κ3) is 5.09. The SMILES string of the molecule is COc1ccc2cc(-c3c4ccccc4c(-c4ccc5cc(OC)ccc5c4)c4cc(CC5CCCCC5)ccc34)ccc2c1. The molecule has 45 heavy (non-hydrogen) atoms. The summed E-state index contributed by atoms with van der Waals surface area (Å²) in [7, 11) is 3.46. The molecule has 0 heterocycles. The van der Waals surface area contributed by atoms with E-state index in [9.17, 15) is 0 Å². The van der Waals surface area contributed by atoms with Crippen LogP contribution >= 0.6 is 0 Å². The van der Waals surface area contributed by atoms with Crippen LogP contribution in [-0.4, -0.2) is 14.2 Å². The fraction of sp³-hybridized carbons (Fsp3) is 0.209. The van der Waals surface area contributed by atoms with Crippen molar-refractivity contribution in [3.8, 4) is 33.8 Å². The minimum atomic E-state index is 0.785. The standard InChI is InChI=1S/C43H38O2/c1-44-36-19-17-30-24-34(15-13-32(30)26-36)42-38-10-6-7-11-39(38)43(35-16-14-33-27-37(45-2)20-18-31(33)25-35)41-23-29(12-21-40(41)42)22-28-8-4-3-5-9-28/h6-7,10-21,23-28H,3-5,8-9,22H2,1-2H3. The van der Waals surface area contributed by atoms with Crippen LogP contribution in [0, 0.1) is 5.92 Å². The lowest BCUT2D eigenvalue weighted by atomic mass is 9.82. The summed E-state index contributed by atoms with van der Waals surface area (Å²) in [6, 6.07) is 42.7. The van der Waals surface area contributed by atoms with Gasteiger partial charge in [0.25, 0.3) is 0 Å². The van der Waals surface area contributed by atoms with Crippen molar-refractivity contribution in [1.82, 2.24) is 0 Å². The van der Waals surface area contributed by atoms with Crippen molar-refractivity contribution < 1.29 is 9.47 Å². The number of methoxy groups -OCH3 is 2. The van der Waals surface area contributed by atoms with E-state index in [4.69, 9.17) is 9.47 Å². The molecule has 0 aliphatic heterocycles. The summed E-state index contributed by atoms with van der Waals surface area (Å²) < 4.78 is 11.0. The molecule has 0 amide bonds. The van der Waals surface area contributed by atoms with Crippen LogP contribution in [0.5, 0.6) is 11.5 Å². The molecule has 0 bridgehead atoms. The molecule has 2 nitrogen and oxygen atoms in total. The first-order chi connectivity index (χ1) is 22.2. The fourth-order valence-corrected chi connectivity index (χ4v) is 7.71. The van der Waals surface area contributed by atoms with Crippen LogP contribution in [0.2, 0.25) is 0 Å². The Morgan fingerprint density at radius 2 is 1.00 bits per heavy atom. The van der Waals surface area contributed by atoms with E-state index in [2.05, 4.69) is 115 Å². The monoisotopic (exact) mass is 586 g/mol. The Labute approximate surface area is 265 Å². The molecule has 1 aliphatic carbocycles. The molecular weight excluding hydrogens is 548 g/mol. The number of fused-ring (bicyclic) bond motifs is 4. The lowest BCUT2D eigenvalue weighted by molar-refractivity contribution is 0.357. The number of hydrogen-bond donors (Lipinski definition) is 0. The number of hydrogen-bond acceptors (Lipinski definition) is 2. The fourth-order valence-electron chi connectivity index (χ4n) is 7.71. The van der Waals surface area contributed by atoms with Crippen molar-refractivity contribution in [2.45, 2.75) is 38.5 Å². The molecule has 1 saturated carbocycles. The molecule has 0 saturated heterocycles. The highest BCUT2D eigenvalue weighted by Crippen LogP contribution is 2.45. The summed E-state index contributed by atoms with van der Waals surface area (Å²) >= 11 is 0. The van der Waals surface area contributed by atoms with Crippen LogP contribution in [0.15, 0.2) is 115 Å². The van der Waals surface area contributed by atoms with Gasteiger partial charge in [0.15, 0.2) is 0 Å². The van der Waals surface area contributed by atoms with Gasteiger partial charge in [0.1, 0.15) is 11.5 Å². The van der Waals surface area contributed by atoms with Gasteiger partial charge in [-0.15, -0.1) is 0 Å². The predicted octanol–water partition coefficient (Wildman–Crippen LogP) is 11.8. The molecule has 7 aromatic rings. The van der Waals surface area contributed by atoms with Crippen molar-refractivity contribution in [3.05, 3.63) is 121 Å². The average molecular weight is 587 g/mol. The van der Waals surface area contributed by atoms with E-state index in [0.29, 0.717) is 0 Å². The maximum Gasteiger partial charge on any atom is 0.119 e. The van der Waals surface area contributed by atoms with Crippen LogP contribution < -0.4 is 9.47 Å². The number of rotatable bonds is 6. The maximum atomic E-state index is 5.52. The summed E-state index contributed by atoms with van der Waals surface area (Å²) in [5.41, 5.74) is 6.56. The summed E-state index contributed by atoms with van der Waals surface area (Å²) in [5, 5.41) is 10.0. The second-order valence-electron chi connectivity index (χ2n) is 12.7. The Bertz CT molecular complexity index is 2200. The third-order valence-corrected chi connectivity index (χ3v) is 10.0. The molecule has 1 aliphatic rings. The molecule has 0 aromatic heterocycles. The first-order valence-electron chi connectivity index (χ1n) is 16.3. The Balaban J connectivity index is 1.39. The number of benzene rings is 7. The molecular formula is C43H38O2. The van der Waals surface area contributed by atoms with Crippen LogP contribution in [-0.2, 0) is 6.42 Å². The molecule has 0 radical (unpaired) electrons. The van der Waals surface area contributed by atoms with Crippen LogP contribution in [0.4, 0.5) is 0 Å². The van der Waals surface area contributed by atoms with E-state index >= 15 is 0 Å². The van der Waals surface area contributed by atoms with Crippen LogP contribution in [0.25, 0.3) is 65.3 Å². The lowest BCUT2D eigenvalue weighted by Gasteiger charge is -2.23. The second-order valence-corrected chi connectivity index (χ2v) is 12.7. The van der Waals surface area contributed by atoms with Gasteiger partial charge in [-0.25, -0.2) is 0 Å². The number of ether oxygens (including phenoxy) is 2. The Morgan fingerprint density at radius 3 is 1.58 bits per heavy atom. The largest absolute Gasteiger partial charge is 0.497 e. The molecule has 0 atom stereocenters. The van der Waals surface area contributed by atoms with E-state index in [1.165, 1.54) is 103 Å². The van der Waals surface area contributed by atoms with Gasteiger partial charge in [-0.1, -0.05) is 111 Å². The minimum Gasteiger partial charge on any atom is -0.497 e. The minimum absolute atomic E-state index is 0.785. The average Bonchev–Trinajstić information content (AvgIpc) is 3.10. The summed E-state index contributed by atoms with van der Waals surface area (Å²) in [6.07, 6.45) is 7.99. The van der Waals surface area contributed by atoms with Crippen molar-refractivity contribution in [1.29, 1.82) is 0 Å². The normalized spacial score (nSPS) is 14.0. The summed E-state index contributed by atoms with van der Waals surface area (Å²) in [5.74, 6) is 2.55. The van der Waals surface area contributed by atoms with E-state index in [1.807, 2.05) is 0 Å². The van der Waals surface area contributed by atoms with E-state index in [0.717, 1.165) is 23.8 Å². The van der Waals surface area contributed by atoms with Gasteiger partial charge in [0, 0.05) is 0 Å². The third-order valence-electron chi connectivity index (χ3n) is 10.0. The lowest BCUT2D eigenvalue weighted by Crippen LogP contribution is -2.09. The zero-order valence-electron chi connectivity index (χ0n) is 26.1. The molecule has 8 rings (SSSR count). The quantitative estimate of drug-likeness (QED) is 0.180. The molecule has 1 fully saturated rings. The summed E-state index contributed by atoms with van der Waals surface area (Å²) in [4.78, 5) is 0. The van der Waals surface area contributed by atoms with Gasteiger partial charge in [0.2, 0.25) is 0 Å². The molecule has 2 heteroatoms. The smallest absolute Gasteiger partial charge is 0.119 e. The first kappa shape index (κ1) is 27.7. The second kappa shape index (κ2) is 11.6. The van der Waals surface area contributed by atoms with E-state index < -0.39 is 0 Å². The van der Waals surface area contributed by atoms with Crippen molar-refractivity contribution in [2.75, 3.05) is 14.2 Å². The Hall–Kier alpha value is -4.82. The van der Waals surface area contributed by atoms with Gasteiger partial charge < -0.3 is 9.47 Å². The predicted molar refractivity (Wildman–Crippen MR) is 191 cm³/mol. The van der Waals surface area contributed by atoms with E-state index in [1.54, 1.807) is 14.2 Å². The molecule has 7 aromatic carbocycles. The maximum absolute atomic E-state index is 5.52. The van der Waals surface area contributed by atoms with Crippen molar-refractivity contribution in [3.63, 3.8) is 0 Å². The van der Waals surface area contributed by atoms with Gasteiger partial charge in [-0.05, 0) is 120 Å².